The minimum atomic E-state index is -0.556. The van der Waals surface area contributed by atoms with Crippen LogP contribution >= 0.6 is 0 Å². The molecule has 160 valence electrons. The Balaban J connectivity index is 1.51. The van der Waals surface area contributed by atoms with Gasteiger partial charge in [-0.2, -0.15) is 0 Å². The summed E-state index contributed by atoms with van der Waals surface area (Å²) in [4.78, 5) is 29.3. The number of nitrogens with one attached hydrogen (secondary N) is 2. The first-order valence-corrected chi connectivity index (χ1v) is 10.9. The summed E-state index contributed by atoms with van der Waals surface area (Å²) in [5, 5.41) is 5.72. The van der Waals surface area contributed by atoms with Gasteiger partial charge in [-0.1, -0.05) is 68.5 Å². The summed E-state index contributed by atoms with van der Waals surface area (Å²) in [5.41, 5.74) is 7.97. The van der Waals surface area contributed by atoms with Gasteiger partial charge in [-0.3, -0.25) is 14.6 Å². The van der Waals surface area contributed by atoms with E-state index >= 15 is 0 Å². The van der Waals surface area contributed by atoms with Crippen LogP contribution in [0.5, 0.6) is 0 Å². The predicted octanol–water partition coefficient (Wildman–Crippen LogP) is 2.90. The third-order valence-electron chi connectivity index (χ3n) is 5.75. The van der Waals surface area contributed by atoms with Crippen molar-refractivity contribution in [1.82, 2.24) is 15.6 Å². The van der Waals surface area contributed by atoms with Crippen molar-refractivity contribution in [3.63, 3.8) is 0 Å². The second-order valence-corrected chi connectivity index (χ2v) is 8.12. The minimum absolute atomic E-state index is 0.0806. The van der Waals surface area contributed by atoms with Gasteiger partial charge < -0.3 is 16.4 Å². The van der Waals surface area contributed by atoms with E-state index in [4.69, 9.17) is 5.73 Å². The molecule has 2 amide bonds. The van der Waals surface area contributed by atoms with Gasteiger partial charge >= 0.3 is 0 Å². The van der Waals surface area contributed by atoms with Crippen molar-refractivity contribution in [3.05, 3.63) is 66.0 Å². The van der Waals surface area contributed by atoms with Crippen molar-refractivity contribution in [2.24, 2.45) is 11.7 Å². The summed E-state index contributed by atoms with van der Waals surface area (Å²) in [7, 11) is 0. The van der Waals surface area contributed by atoms with Gasteiger partial charge in [0, 0.05) is 18.3 Å². The van der Waals surface area contributed by atoms with E-state index in [-0.39, 0.29) is 24.4 Å². The molecule has 4 N–H and O–H groups in total. The number of nitrogens with two attached hydrogens (primary N) is 1. The second-order valence-electron chi connectivity index (χ2n) is 8.12. The predicted molar refractivity (Wildman–Crippen MR) is 117 cm³/mol. The van der Waals surface area contributed by atoms with Crippen molar-refractivity contribution in [1.29, 1.82) is 0 Å². The zero-order chi connectivity index (χ0) is 21.2. The maximum atomic E-state index is 12.5. The van der Waals surface area contributed by atoms with Crippen LogP contribution in [0.25, 0.3) is 0 Å². The van der Waals surface area contributed by atoms with Crippen LogP contribution in [0.4, 0.5) is 0 Å². The molecule has 1 fully saturated rings. The van der Waals surface area contributed by atoms with E-state index in [0.717, 1.165) is 24.1 Å². The lowest BCUT2D eigenvalue weighted by molar-refractivity contribution is -0.127. The zero-order valence-corrected chi connectivity index (χ0v) is 17.4. The molecule has 30 heavy (non-hydrogen) atoms. The van der Waals surface area contributed by atoms with Gasteiger partial charge in [0.1, 0.15) is 0 Å². The minimum Gasteiger partial charge on any atom is -0.347 e. The van der Waals surface area contributed by atoms with Gasteiger partial charge in [0.25, 0.3) is 0 Å². The first kappa shape index (κ1) is 22.0. The first-order valence-electron chi connectivity index (χ1n) is 10.9. The van der Waals surface area contributed by atoms with Crippen LogP contribution in [-0.4, -0.2) is 29.4 Å². The molecule has 0 saturated heterocycles. The van der Waals surface area contributed by atoms with Crippen LogP contribution in [0.1, 0.15) is 55.8 Å². The Morgan fingerprint density at radius 1 is 1.03 bits per heavy atom. The Morgan fingerprint density at radius 3 is 2.47 bits per heavy atom. The van der Waals surface area contributed by atoms with Gasteiger partial charge in [0.15, 0.2) is 0 Å². The van der Waals surface area contributed by atoms with Crippen molar-refractivity contribution in [2.75, 3.05) is 6.54 Å². The number of amides is 2. The number of rotatable bonds is 9. The Labute approximate surface area is 178 Å². The van der Waals surface area contributed by atoms with Gasteiger partial charge in [-0.15, -0.1) is 0 Å². The molecular weight excluding hydrogens is 376 g/mol. The summed E-state index contributed by atoms with van der Waals surface area (Å²) >= 11 is 0. The molecule has 1 saturated carbocycles. The van der Waals surface area contributed by atoms with Crippen molar-refractivity contribution < 1.29 is 9.59 Å². The highest BCUT2D eigenvalue weighted by Crippen LogP contribution is 2.27. The summed E-state index contributed by atoms with van der Waals surface area (Å²) in [6.07, 6.45) is 9.02. The lowest BCUT2D eigenvalue weighted by Gasteiger charge is -2.24. The van der Waals surface area contributed by atoms with Crippen molar-refractivity contribution in [2.45, 2.75) is 57.0 Å². The number of hydrogen-bond donors (Lipinski definition) is 3. The van der Waals surface area contributed by atoms with Crippen LogP contribution < -0.4 is 16.4 Å². The van der Waals surface area contributed by atoms with Crippen LogP contribution in [0.2, 0.25) is 0 Å². The third-order valence-corrected chi connectivity index (χ3v) is 5.75. The maximum absolute atomic E-state index is 12.5. The maximum Gasteiger partial charge on any atom is 0.239 e. The normalized spacial score (nSPS) is 16.4. The molecule has 1 heterocycles. The average molecular weight is 409 g/mol. The number of carbonyl (C=O) groups is 2. The highest BCUT2D eigenvalue weighted by atomic mass is 16.2. The van der Waals surface area contributed by atoms with E-state index < -0.39 is 6.04 Å². The fourth-order valence-corrected chi connectivity index (χ4v) is 4.10. The third kappa shape index (κ3) is 6.95. The molecule has 1 aromatic heterocycles. The Morgan fingerprint density at radius 2 is 1.77 bits per heavy atom. The monoisotopic (exact) mass is 408 g/mol. The molecule has 0 radical (unpaired) electrons. The van der Waals surface area contributed by atoms with Gasteiger partial charge in [0.2, 0.25) is 11.8 Å². The van der Waals surface area contributed by atoms with E-state index in [2.05, 4.69) is 15.6 Å². The number of carbonyl (C=O) groups excluding carboxylic acids is 2. The molecule has 1 aliphatic carbocycles. The number of pyridine rings is 1. The molecule has 0 bridgehead atoms. The second kappa shape index (κ2) is 11.5. The molecule has 2 aromatic rings. The van der Waals surface area contributed by atoms with E-state index in [1.54, 1.807) is 6.20 Å². The summed E-state index contributed by atoms with van der Waals surface area (Å²) in [6, 6.07) is 14.7. The highest BCUT2D eigenvalue weighted by Gasteiger charge is 2.22. The summed E-state index contributed by atoms with van der Waals surface area (Å²) < 4.78 is 0. The molecule has 2 unspecified atom stereocenters. The van der Waals surface area contributed by atoms with Crippen LogP contribution in [-0.2, 0) is 16.0 Å². The Hall–Kier alpha value is -2.73. The highest BCUT2D eigenvalue weighted by molar-refractivity contribution is 5.87. The molecule has 6 nitrogen and oxygen atoms in total. The molecule has 1 aliphatic rings. The van der Waals surface area contributed by atoms with E-state index in [1.807, 2.05) is 48.5 Å². The molecule has 1 aromatic carbocycles. The van der Waals surface area contributed by atoms with Crippen LogP contribution in [0.15, 0.2) is 54.7 Å². The smallest absolute Gasteiger partial charge is 0.239 e. The molecule has 6 heteroatoms. The molecular formula is C24H32N4O2. The fraction of sp³-hybridized carbons (Fsp3) is 0.458. The fourth-order valence-electron chi connectivity index (χ4n) is 4.10. The Bertz CT molecular complexity index is 791. The lowest BCUT2D eigenvalue weighted by Crippen LogP contribution is -2.46. The summed E-state index contributed by atoms with van der Waals surface area (Å²) in [5.74, 6) is 0.0314. The first-order chi connectivity index (χ1) is 14.6. The SMILES string of the molecule is NC(CC1CCCCC1)C(=O)NCC(=O)NC(Cc1ccccn1)c1ccccc1. The molecule has 0 aliphatic heterocycles. The van der Waals surface area contributed by atoms with Crippen molar-refractivity contribution >= 4 is 11.8 Å². The molecule has 2 atom stereocenters. The zero-order valence-electron chi connectivity index (χ0n) is 17.4. The van der Waals surface area contributed by atoms with Gasteiger partial charge in [0.05, 0.1) is 18.6 Å². The topological polar surface area (TPSA) is 97.1 Å². The quantitative estimate of drug-likeness (QED) is 0.594. The number of aromatic nitrogens is 1. The van der Waals surface area contributed by atoms with Gasteiger partial charge in [-0.05, 0) is 30.0 Å². The Kier molecular flexibility index (Phi) is 8.39. The number of hydrogen-bond acceptors (Lipinski definition) is 4. The number of nitrogens with zero attached hydrogens (tertiary/aromatic N) is 1. The van der Waals surface area contributed by atoms with Crippen LogP contribution in [0.3, 0.4) is 0 Å². The lowest BCUT2D eigenvalue weighted by atomic mass is 9.85. The average Bonchev–Trinajstić information content (AvgIpc) is 2.79. The largest absolute Gasteiger partial charge is 0.347 e. The summed E-state index contributed by atoms with van der Waals surface area (Å²) in [6.45, 7) is -0.0806. The van der Waals surface area contributed by atoms with E-state index in [9.17, 15) is 9.59 Å². The molecule has 3 rings (SSSR count). The van der Waals surface area contributed by atoms with Crippen molar-refractivity contribution in [3.8, 4) is 0 Å². The van der Waals surface area contributed by atoms with Crippen LogP contribution in [0, 0.1) is 5.92 Å². The standard InChI is InChI=1S/C24H32N4O2/c25-21(15-18-9-3-1-4-10-18)24(30)27-17-23(29)28-22(19-11-5-2-6-12-19)16-20-13-7-8-14-26-20/h2,5-8,11-14,18,21-22H,1,3-4,9-10,15-17,25H2,(H,27,30)(H,28,29). The molecule has 0 spiro atoms. The van der Waals surface area contributed by atoms with E-state index in [0.29, 0.717) is 18.8 Å². The van der Waals surface area contributed by atoms with Gasteiger partial charge in [-0.25, -0.2) is 0 Å². The van der Waals surface area contributed by atoms with E-state index in [1.165, 1.54) is 19.3 Å². The number of benzene rings is 1.